The van der Waals surface area contributed by atoms with E-state index in [0.29, 0.717) is 6.04 Å². The molecule has 0 spiro atoms. The minimum Gasteiger partial charge on any atom is -0.497 e. The molecule has 0 heterocycles. The zero-order valence-corrected chi connectivity index (χ0v) is 11.6. The molecule has 1 aromatic rings. The number of ether oxygens (including phenoxy) is 1. The van der Waals surface area contributed by atoms with Crippen molar-refractivity contribution >= 4 is 5.57 Å². The molecule has 1 aliphatic carbocycles. The zero-order chi connectivity index (χ0) is 13.0. The average Bonchev–Trinajstić information content (AvgIpc) is 2.80. The Labute approximate surface area is 110 Å². The predicted octanol–water partition coefficient (Wildman–Crippen LogP) is 3.41. The van der Waals surface area contributed by atoms with Crippen LogP contribution >= 0.6 is 0 Å². The zero-order valence-electron chi connectivity index (χ0n) is 11.6. The van der Waals surface area contributed by atoms with Crippen LogP contribution in [0.25, 0.3) is 5.57 Å². The average molecular weight is 245 g/mol. The Morgan fingerprint density at radius 2 is 2.17 bits per heavy atom. The molecule has 2 heteroatoms. The lowest BCUT2D eigenvalue weighted by atomic mass is 10.0. The molecular weight excluding hydrogens is 222 g/mol. The number of hydrogen-bond acceptors (Lipinski definition) is 2. The van der Waals surface area contributed by atoms with Gasteiger partial charge in [0.1, 0.15) is 5.75 Å². The minimum atomic E-state index is 0.488. The van der Waals surface area contributed by atoms with Gasteiger partial charge in [0.15, 0.2) is 0 Å². The van der Waals surface area contributed by atoms with E-state index < -0.39 is 0 Å². The number of rotatable bonds is 5. The Bertz CT molecular complexity index is 437. The molecule has 0 aromatic heterocycles. The van der Waals surface area contributed by atoms with Gasteiger partial charge in [-0.3, -0.25) is 0 Å². The normalized spacial score (nSPS) is 17.8. The Kier molecular flexibility index (Phi) is 4.43. The van der Waals surface area contributed by atoms with E-state index in [1.807, 2.05) is 0 Å². The molecular formula is C16H23NO. The molecule has 2 rings (SSSR count). The van der Waals surface area contributed by atoms with Crippen molar-refractivity contribution < 1.29 is 4.74 Å². The largest absolute Gasteiger partial charge is 0.497 e. The maximum atomic E-state index is 5.32. The van der Waals surface area contributed by atoms with Gasteiger partial charge in [0.05, 0.1) is 7.11 Å². The topological polar surface area (TPSA) is 21.3 Å². The Hall–Kier alpha value is -1.28. The summed E-state index contributed by atoms with van der Waals surface area (Å²) < 4.78 is 5.32. The minimum absolute atomic E-state index is 0.488. The summed E-state index contributed by atoms with van der Waals surface area (Å²) in [5.74, 6) is 0.957. The van der Waals surface area contributed by atoms with Crippen LogP contribution in [0.4, 0.5) is 0 Å². The smallest absolute Gasteiger partial charge is 0.119 e. The van der Waals surface area contributed by atoms with Crippen LogP contribution in [0.5, 0.6) is 5.75 Å². The summed E-state index contributed by atoms with van der Waals surface area (Å²) in [6.07, 6.45) is 5.85. The van der Waals surface area contributed by atoms with Crippen LogP contribution in [0.3, 0.4) is 0 Å². The fourth-order valence-electron chi connectivity index (χ4n) is 2.60. The van der Waals surface area contributed by atoms with Gasteiger partial charge in [-0.2, -0.15) is 0 Å². The molecule has 0 amide bonds. The second-order valence-electron chi connectivity index (χ2n) is 4.79. The van der Waals surface area contributed by atoms with Crippen LogP contribution in [-0.2, 0) is 6.42 Å². The van der Waals surface area contributed by atoms with Gasteiger partial charge in [-0.15, -0.1) is 0 Å². The van der Waals surface area contributed by atoms with Crippen LogP contribution in [0, 0.1) is 0 Å². The van der Waals surface area contributed by atoms with Crippen LogP contribution in [0.2, 0.25) is 0 Å². The van der Waals surface area contributed by atoms with E-state index in [-0.39, 0.29) is 0 Å². The van der Waals surface area contributed by atoms with E-state index >= 15 is 0 Å². The lowest BCUT2D eigenvalue weighted by molar-refractivity contribution is 0.414. The maximum Gasteiger partial charge on any atom is 0.119 e. The summed E-state index contributed by atoms with van der Waals surface area (Å²) in [6, 6.07) is 6.92. The lowest BCUT2D eigenvalue weighted by Gasteiger charge is -2.13. The maximum absolute atomic E-state index is 5.32. The molecule has 0 saturated carbocycles. The number of likely N-dealkylation sites (N-methyl/N-ethyl adjacent to an activating group) is 1. The standard InChI is InChI=1S/C16H23NO/c1-4-14(17-5-2)10-13-7-6-12-8-9-15(18-3)11-16(12)13/h8-11,14,17H,4-7H2,1-3H3/b13-10+. The van der Waals surface area contributed by atoms with Crippen LogP contribution in [0.15, 0.2) is 24.3 Å². The fraction of sp³-hybridized carbons (Fsp3) is 0.500. The van der Waals surface area contributed by atoms with E-state index in [2.05, 4.69) is 43.4 Å². The first-order valence-electron chi connectivity index (χ1n) is 6.89. The summed E-state index contributed by atoms with van der Waals surface area (Å²) in [7, 11) is 1.73. The highest BCUT2D eigenvalue weighted by Gasteiger charge is 2.17. The van der Waals surface area contributed by atoms with E-state index in [1.54, 1.807) is 7.11 Å². The number of nitrogens with one attached hydrogen (secondary N) is 1. The van der Waals surface area contributed by atoms with Gasteiger partial charge < -0.3 is 10.1 Å². The van der Waals surface area contributed by atoms with Crippen molar-refractivity contribution in [3.05, 3.63) is 35.4 Å². The summed E-state index contributed by atoms with van der Waals surface area (Å²) in [5.41, 5.74) is 4.30. The van der Waals surface area contributed by atoms with Crippen LogP contribution in [-0.4, -0.2) is 19.7 Å². The predicted molar refractivity (Wildman–Crippen MR) is 77.0 cm³/mol. The third kappa shape index (κ3) is 2.75. The number of hydrogen-bond donors (Lipinski definition) is 1. The molecule has 2 nitrogen and oxygen atoms in total. The van der Waals surface area contributed by atoms with Gasteiger partial charge in [-0.05, 0) is 54.6 Å². The molecule has 1 unspecified atom stereocenters. The molecule has 1 aliphatic rings. The molecule has 0 fully saturated rings. The van der Waals surface area contributed by atoms with E-state index in [1.165, 1.54) is 16.7 Å². The Morgan fingerprint density at radius 3 is 2.83 bits per heavy atom. The highest BCUT2D eigenvalue weighted by atomic mass is 16.5. The number of benzene rings is 1. The molecule has 1 N–H and O–H groups in total. The second kappa shape index (κ2) is 6.05. The van der Waals surface area contributed by atoms with Crippen molar-refractivity contribution in [1.29, 1.82) is 0 Å². The van der Waals surface area contributed by atoms with E-state index in [0.717, 1.165) is 31.6 Å². The van der Waals surface area contributed by atoms with Crippen molar-refractivity contribution in [2.24, 2.45) is 0 Å². The quantitative estimate of drug-likeness (QED) is 0.858. The number of allylic oxidation sites excluding steroid dienone is 1. The summed E-state index contributed by atoms with van der Waals surface area (Å²) in [6.45, 7) is 5.41. The first-order valence-corrected chi connectivity index (χ1v) is 6.89. The van der Waals surface area contributed by atoms with Crippen LogP contribution < -0.4 is 10.1 Å². The van der Waals surface area contributed by atoms with Gasteiger partial charge in [0.2, 0.25) is 0 Å². The molecule has 18 heavy (non-hydrogen) atoms. The first-order chi connectivity index (χ1) is 8.78. The highest BCUT2D eigenvalue weighted by molar-refractivity contribution is 5.74. The Balaban J connectivity index is 2.26. The van der Waals surface area contributed by atoms with Crippen molar-refractivity contribution in [3.63, 3.8) is 0 Å². The fourth-order valence-corrected chi connectivity index (χ4v) is 2.60. The molecule has 0 aliphatic heterocycles. The monoisotopic (exact) mass is 245 g/mol. The number of fused-ring (bicyclic) bond motifs is 1. The third-order valence-electron chi connectivity index (χ3n) is 3.64. The van der Waals surface area contributed by atoms with E-state index in [9.17, 15) is 0 Å². The van der Waals surface area contributed by atoms with Gasteiger partial charge >= 0.3 is 0 Å². The van der Waals surface area contributed by atoms with Gasteiger partial charge in [-0.1, -0.05) is 26.0 Å². The van der Waals surface area contributed by atoms with E-state index in [4.69, 9.17) is 4.74 Å². The molecule has 98 valence electrons. The van der Waals surface area contributed by atoms with Gasteiger partial charge in [0.25, 0.3) is 0 Å². The van der Waals surface area contributed by atoms with Crippen molar-refractivity contribution in [1.82, 2.24) is 5.32 Å². The van der Waals surface area contributed by atoms with Crippen molar-refractivity contribution in [3.8, 4) is 5.75 Å². The summed E-state index contributed by atoms with van der Waals surface area (Å²) >= 11 is 0. The summed E-state index contributed by atoms with van der Waals surface area (Å²) in [4.78, 5) is 0. The van der Waals surface area contributed by atoms with Gasteiger partial charge in [-0.25, -0.2) is 0 Å². The third-order valence-corrected chi connectivity index (χ3v) is 3.64. The van der Waals surface area contributed by atoms with Crippen molar-refractivity contribution in [2.75, 3.05) is 13.7 Å². The van der Waals surface area contributed by atoms with Gasteiger partial charge in [0, 0.05) is 6.04 Å². The molecule has 0 radical (unpaired) electrons. The van der Waals surface area contributed by atoms with Crippen molar-refractivity contribution in [2.45, 2.75) is 39.2 Å². The number of aryl methyl sites for hydroxylation is 1. The van der Waals surface area contributed by atoms with Crippen LogP contribution in [0.1, 0.15) is 37.8 Å². The molecule has 1 atom stereocenters. The Morgan fingerprint density at radius 1 is 1.33 bits per heavy atom. The lowest BCUT2D eigenvalue weighted by Crippen LogP contribution is -2.26. The molecule has 0 bridgehead atoms. The highest BCUT2D eigenvalue weighted by Crippen LogP contribution is 2.34. The molecule has 0 saturated heterocycles. The first kappa shape index (κ1) is 13.2. The SMILES string of the molecule is CCNC(/C=C1\CCc2ccc(OC)cc21)CC. The second-order valence-corrected chi connectivity index (χ2v) is 4.79. The summed E-state index contributed by atoms with van der Waals surface area (Å²) in [5, 5.41) is 3.51. The number of methoxy groups -OCH3 is 1. The molecule has 1 aromatic carbocycles.